The van der Waals surface area contributed by atoms with E-state index in [0.29, 0.717) is 11.9 Å². The summed E-state index contributed by atoms with van der Waals surface area (Å²) in [6.45, 7) is 0.289. The number of aryl methyl sites for hydroxylation is 1. The molecule has 7 nitrogen and oxygen atoms in total. The summed E-state index contributed by atoms with van der Waals surface area (Å²) in [6.07, 6.45) is 9.23. The topological polar surface area (TPSA) is 93.3 Å². The quantitative estimate of drug-likeness (QED) is 0.367. The van der Waals surface area contributed by atoms with Crippen molar-refractivity contribution in [1.29, 1.82) is 0 Å². The minimum absolute atomic E-state index is 0.228. The minimum Gasteiger partial charge on any atom is -0.396 e. The lowest BCUT2D eigenvalue weighted by molar-refractivity contribution is -0.135. The van der Waals surface area contributed by atoms with Crippen molar-refractivity contribution in [2.24, 2.45) is 7.05 Å². The predicted octanol–water partition coefficient (Wildman–Crippen LogP) is 2.78. The van der Waals surface area contributed by atoms with Crippen LogP contribution in [-0.4, -0.2) is 32.7 Å². The van der Waals surface area contributed by atoms with Crippen LogP contribution in [0.3, 0.4) is 0 Å². The van der Waals surface area contributed by atoms with Gasteiger partial charge in [-0.15, -0.1) is 0 Å². The van der Waals surface area contributed by atoms with E-state index in [0.717, 1.165) is 43.2 Å². The van der Waals surface area contributed by atoms with Gasteiger partial charge in [-0.2, -0.15) is 0 Å². The van der Waals surface area contributed by atoms with E-state index < -0.39 is 11.9 Å². The molecule has 2 amide bonds. The number of benzene rings is 1. The molecule has 1 aliphatic heterocycles. The summed E-state index contributed by atoms with van der Waals surface area (Å²) in [4.78, 5) is 36.5. The highest BCUT2D eigenvalue weighted by atomic mass is 16.3. The van der Waals surface area contributed by atoms with Crippen molar-refractivity contribution in [2.45, 2.75) is 70.3 Å². The summed E-state index contributed by atoms with van der Waals surface area (Å²) in [5, 5.41) is 11.1. The van der Waals surface area contributed by atoms with Gasteiger partial charge in [-0.05, 0) is 37.5 Å². The average molecular weight is 426 g/mol. The lowest BCUT2D eigenvalue weighted by Gasteiger charge is -2.21. The van der Waals surface area contributed by atoms with Gasteiger partial charge in [0.15, 0.2) is 0 Å². The molecular weight excluding hydrogens is 394 g/mol. The van der Waals surface area contributed by atoms with Gasteiger partial charge in [0.2, 0.25) is 11.8 Å². The van der Waals surface area contributed by atoms with E-state index in [-0.39, 0.29) is 24.6 Å². The van der Waals surface area contributed by atoms with Gasteiger partial charge in [-0.1, -0.05) is 43.9 Å². The first-order valence-corrected chi connectivity index (χ1v) is 11.2. The van der Waals surface area contributed by atoms with Crippen molar-refractivity contribution >= 4 is 22.8 Å². The smallest absolute Gasteiger partial charge is 0.329 e. The predicted molar refractivity (Wildman–Crippen MR) is 119 cm³/mol. The van der Waals surface area contributed by atoms with Gasteiger partial charge in [-0.3, -0.25) is 24.0 Å². The second-order valence-electron chi connectivity index (χ2n) is 8.13. The molecule has 0 bridgehead atoms. The van der Waals surface area contributed by atoms with Crippen LogP contribution in [0.5, 0.6) is 0 Å². The number of piperidine rings is 1. The van der Waals surface area contributed by atoms with Crippen LogP contribution in [0.15, 0.2) is 23.0 Å². The van der Waals surface area contributed by atoms with Crippen LogP contribution in [0.1, 0.15) is 75.8 Å². The number of imide groups is 1. The summed E-state index contributed by atoms with van der Waals surface area (Å²) < 4.78 is 3.01. The number of amides is 2. The number of hydrogen-bond donors (Lipinski definition) is 2. The fourth-order valence-corrected chi connectivity index (χ4v) is 4.04. The molecule has 1 unspecified atom stereocenters. The largest absolute Gasteiger partial charge is 0.396 e. The molecular formula is C24H31N3O4. The first-order valence-electron chi connectivity index (χ1n) is 11.2. The highest BCUT2D eigenvalue weighted by molar-refractivity contribution is 6.00. The maximum Gasteiger partial charge on any atom is 0.329 e. The van der Waals surface area contributed by atoms with Crippen molar-refractivity contribution in [1.82, 2.24) is 14.5 Å². The number of carbonyl (C=O) groups is 2. The molecule has 2 N–H and O–H groups in total. The minimum atomic E-state index is -0.672. The zero-order valence-corrected chi connectivity index (χ0v) is 18.2. The lowest BCUT2D eigenvalue weighted by atomic mass is 10.1. The van der Waals surface area contributed by atoms with Crippen molar-refractivity contribution in [2.75, 3.05) is 6.61 Å². The summed E-state index contributed by atoms with van der Waals surface area (Å²) in [7, 11) is 1.69. The van der Waals surface area contributed by atoms with E-state index in [4.69, 9.17) is 5.11 Å². The lowest BCUT2D eigenvalue weighted by Crippen LogP contribution is -2.44. The Morgan fingerprint density at radius 1 is 1.03 bits per heavy atom. The van der Waals surface area contributed by atoms with Crippen molar-refractivity contribution in [3.05, 3.63) is 34.2 Å². The van der Waals surface area contributed by atoms with Crippen molar-refractivity contribution in [3.63, 3.8) is 0 Å². The van der Waals surface area contributed by atoms with E-state index in [9.17, 15) is 14.4 Å². The van der Waals surface area contributed by atoms with Gasteiger partial charge in [0.25, 0.3) is 0 Å². The molecule has 31 heavy (non-hydrogen) atoms. The molecule has 7 heteroatoms. The number of rotatable bonds is 9. The van der Waals surface area contributed by atoms with Crippen LogP contribution in [-0.2, 0) is 16.6 Å². The molecule has 2 heterocycles. The number of aromatic nitrogens is 2. The molecule has 0 spiro atoms. The van der Waals surface area contributed by atoms with Gasteiger partial charge >= 0.3 is 5.69 Å². The fraction of sp³-hybridized carbons (Fsp3) is 0.542. The number of hydrogen-bond acceptors (Lipinski definition) is 4. The first-order chi connectivity index (χ1) is 15.0. The Bertz CT molecular complexity index is 1050. The van der Waals surface area contributed by atoms with Gasteiger partial charge in [0.1, 0.15) is 6.04 Å². The molecule has 1 fully saturated rings. The molecule has 0 radical (unpaired) electrons. The molecule has 1 atom stereocenters. The first kappa shape index (κ1) is 22.8. The highest BCUT2D eigenvalue weighted by Crippen LogP contribution is 2.23. The van der Waals surface area contributed by atoms with E-state index in [1.807, 2.05) is 18.2 Å². The standard InChI is InChI=1S/C24H31N3O4/c1-26-21-17-18(11-9-7-5-3-2-4-6-8-10-16-28)12-13-19(21)27(24(26)31)20-14-15-22(29)25-23(20)30/h12-13,17,20,28H,2-8,10,14-16H2,1H3,(H,25,29,30). The molecule has 2 aromatic rings. The van der Waals surface area contributed by atoms with E-state index in [2.05, 4.69) is 17.2 Å². The van der Waals surface area contributed by atoms with Crippen LogP contribution in [0.2, 0.25) is 0 Å². The van der Waals surface area contributed by atoms with Gasteiger partial charge in [-0.25, -0.2) is 4.79 Å². The maximum absolute atomic E-state index is 12.8. The number of imidazole rings is 1. The summed E-state index contributed by atoms with van der Waals surface area (Å²) in [6, 6.07) is 4.91. The molecule has 1 aliphatic rings. The summed E-state index contributed by atoms with van der Waals surface area (Å²) in [5.41, 5.74) is 1.97. The third-order valence-electron chi connectivity index (χ3n) is 5.80. The maximum atomic E-state index is 12.8. The third-order valence-corrected chi connectivity index (χ3v) is 5.80. The van der Waals surface area contributed by atoms with E-state index >= 15 is 0 Å². The number of aliphatic hydroxyl groups is 1. The van der Waals surface area contributed by atoms with Gasteiger partial charge < -0.3 is 5.11 Å². The Morgan fingerprint density at radius 2 is 1.74 bits per heavy atom. The number of aliphatic hydroxyl groups excluding tert-OH is 1. The molecule has 1 aromatic heterocycles. The SMILES string of the molecule is Cn1c(=O)n(C2CCC(=O)NC2=O)c2ccc(C#CCCCCCCCCCO)cc21. The highest BCUT2D eigenvalue weighted by Gasteiger charge is 2.31. The number of carbonyl (C=O) groups excluding carboxylic acids is 2. The molecule has 0 aliphatic carbocycles. The van der Waals surface area contributed by atoms with E-state index in [1.165, 1.54) is 28.4 Å². The normalized spacial score (nSPS) is 16.3. The second kappa shape index (κ2) is 11.0. The Morgan fingerprint density at radius 3 is 2.45 bits per heavy atom. The number of nitrogens with zero attached hydrogens (tertiary/aromatic N) is 2. The average Bonchev–Trinajstić information content (AvgIpc) is 3.00. The molecule has 0 saturated carbocycles. The Kier molecular flexibility index (Phi) is 8.07. The number of fused-ring (bicyclic) bond motifs is 1. The zero-order valence-electron chi connectivity index (χ0n) is 18.2. The monoisotopic (exact) mass is 425 g/mol. The second-order valence-corrected chi connectivity index (χ2v) is 8.13. The van der Waals surface area contributed by atoms with Gasteiger partial charge in [0, 0.05) is 32.1 Å². The summed E-state index contributed by atoms with van der Waals surface area (Å²) in [5.74, 6) is 5.67. The van der Waals surface area contributed by atoms with E-state index in [1.54, 1.807) is 7.05 Å². The Hall–Kier alpha value is -2.85. The van der Waals surface area contributed by atoms with Gasteiger partial charge in [0.05, 0.1) is 11.0 Å². The Balaban J connectivity index is 1.62. The zero-order chi connectivity index (χ0) is 22.2. The number of nitrogens with one attached hydrogen (secondary N) is 1. The Labute approximate surface area is 182 Å². The molecule has 3 rings (SSSR count). The molecule has 1 aromatic carbocycles. The van der Waals surface area contributed by atoms with Crippen LogP contribution in [0.25, 0.3) is 11.0 Å². The van der Waals surface area contributed by atoms with Crippen molar-refractivity contribution in [3.8, 4) is 11.8 Å². The fourth-order valence-electron chi connectivity index (χ4n) is 4.04. The molecule has 166 valence electrons. The summed E-state index contributed by atoms with van der Waals surface area (Å²) >= 11 is 0. The van der Waals surface area contributed by atoms with Crippen LogP contribution in [0.4, 0.5) is 0 Å². The third kappa shape index (κ3) is 5.65. The van der Waals surface area contributed by atoms with Crippen LogP contribution >= 0.6 is 0 Å². The van der Waals surface area contributed by atoms with Crippen LogP contribution in [0, 0.1) is 11.8 Å². The van der Waals surface area contributed by atoms with Crippen LogP contribution < -0.4 is 11.0 Å². The van der Waals surface area contributed by atoms with Crippen molar-refractivity contribution < 1.29 is 14.7 Å². The number of unbranched alkanes of at least 4 members (excludes halogenated alkanes) is 7. The molecule has 1 saturated heterocycles.